The van der Waals surface area contributed by atoms with E-state index in [4.69, 9.17) is 16.3 Å². The third-order valence-corrected chi connectivity index (χ3v) is 5.40. The molecule has 1 aliphatic rings. The maximum absolute atomic E-state index is 12.5. The molecule has 7 heteroatoms. The molecule has 2 aromatic rings. The summed E-state index contributed by atoms with van der Waals surface area (Å²) in [5.74, 6) is -0.884. The lowest BCUT2D eigenvalue weighted by atomic mass is 9.96. The molecule has 0 aliphatic heterocycles. The third-order valence-electron chi connectivity index (χ3n) is 3.90. The van der Waals surface area contributed by atoms with Crippen LogP contribution in [-0.4, -0.2) is 24.3 Å². The van der Waals surface area contributed by atoms with Crippen LogP contribution >= 0.6 is 22.9 Å². The Bertz CT molecular complexity index is 842. The van der Waals surface area contributed by atoms with Crippen LogP contribution in [0, 0.1) is 0 Å². The second-order valence-corrected chi connectivity index (χ2v) is 7.03. The van der Waals surface area contributed by atoms with Gasteiger partial charge in [-0.2, -0.15) is 0 Å². The summed E-state index contributed by atoms with van der Waals surface area (Å²) in [6.07, 6.45) is 1.81. The molecule has 0 atom stereocenters. The third kappa shape index (κ3) is 3.60. The number of benzene rings is 1. The molecule has 0 fully saturated rings. The number of Topliss-reactive ketones (excluding diaryl/α,β-unsaturated/α-hetero) is 1. The van der Waals surface area contributed by atoms with Crippen molar-refractivity contribution in [3.8, 4) is 0 Å². The van der Waals surface area contributed by atoms with Crippen LogP contribution in [0.2, 0.25) is 5.02 Å². The zero-order chi connectivity index (χ0) is 18.0. The van der Waals surface area contributed by atoms with Crippen molar-refractivity contribution >= 4 is 46.3 Å². The van der Waals surface area contributed by atoms with Crippen molar-refractivity contribution in [1.82, 2.24) is 0 Å². The summed E-state index contributed by atoms with van der Waals surface area (Å²) in [7, 11) is 0. The Kier molecular flexibility index (Phi) is 5.20. The van der Waals surface area contributed by atoms with Crippen molar-refractivity contribution < 1.29 is 19.1 Å². The van der Waals surface area contributed by atoms with Crippen LogP contribution in [0.4, 0.5) is 5.69 Å². The minimum atomic E-state index is -0.527. The summed E-state index contributed by atoms with van der Waals surface area (Å²) in [4.78, 5) is 37.8. The molecule has 0 bridgehead atoms. The second-order valence-electron chi connectivity index (χ2n) is 5.57. The van der Waals surface area contributed by atoms with E-state index in [1.54, 1.807) is 31.2 Å². The van der Waals surface area contributed by atoms with Gasteiger partial charge in [0.25, 0.3) is 5.91 Å². The quantitative estimate of drug-likeness (QED) is 0.804. The second kappa shape index (κ2) is 7.37. The molecule has 0 saturated carbocycles. The topological polar surface area (TPSA) is 72.5 Å². The van der Waals surface area contributed by atoms with Gasteiger partial charge in [0.15, 0.2) is 5.78 Å². The fourth-order valence-corrected chi connectivity index (χ4v) is 4.02. The highest BCUT2D eigenvalue weighted by Gasteiger charge is 2.30. The summed E-state index contributed by atoms with van der Waals surface area (Å²) in [6, 6.07) is 6.45. The van der Waals surface area contributed by atoms with Gasteiger partial charge in [-0.25, -0.2) is 4.79 Å². The predicted molar refractivity (Wildman–Crippen MR) is 96.9 cm³/mol. The number of fused-ring (bicyclic) bond motifs is 1. The number of thiophene rings is 1. The average molecular weight is 378 g/mol. The van der Waals surface area contributed by atoms with Gasteiger partial charge in [-0.1, -0.05) is 11.6 Å². The first kappa shape index (κ1) is 17.6. The first-order valence-corrected chi connectivity index (χ1v) is 9.13. The Morgan fingerprint density at radius 2 is 1.96 bits per heavy atom. The Hall–Kier alpha value is -2.18. The Balaban J connectivity index is 1.98. The molecule has 0 spiro atoms. The number of hydrogen-bond acceptors (Lipinski definition) is 5. The standard InChI is InChI=1S/C18H16ClNO4S/c1-2-24-18(23)16-14(12-4-3-5-13(21)15(12)25-16)20-17(22)10-6-8-11(19)9-7-10/h6-9H,2-5H2,1H3,(H,20,22). The van der Waals surface area contributed by atoms with Crippen molar-refractivity contribution in [3.05, 3.63) is 50.2 Å². The zero-order valence-corrected chi connectivity index (χ0v) is 15.1. The van der Waals surface area contributed by atoms with E-state index in [2.05, 4.69) is 5.32 Å². The van der Waals surface area contributed by atoms with Crippen molar-refractivity contribution in [2.24, 2.45) is 0 Å². The number of esters is 1. The monoisotopic (exact) mass is 377 g/mol. The number of ketones is 1. The van der Waals surface area contributed by atoms with Crippen LogP contribution in [0.15, 0.2) is 24.3 Å². The van der Waals surface area contributed by atoms with E-state index in [0.717, 1.165) is 16.9 Å². The minimum absolute atomic E-state index is 0.00351. The van der Waals surface area contributed by atoms with Crippen LogP contribution < -0.4 is 5.32 Å². The summed E-state index contributed by atoms with van der Waals surface area (Å²) < 4.78 is 5.08. The first-order valence-electron chi connectivity index (χ1n) is 7.94. The number of hydrogen-bond donors (Lipinski definition) is 1. The highest BCUT2D eigenvalue weighted by molar-refractivity contribution is 7.16. The van der Waals surface area contributed by atoms with E-state index in [9.17, 15) is 14.4 Å². The van der Waals surface area contributed by atoms with E-state index in [-0.39, 0.29) is 23.2 Å². The zero-order valence-electron chi connectivity index (χ0n) is 13.6. The van der Waals surface area contributed by atoms with E-state index >= 15 is 0 Å². The molecular formula is C18H16ClNO4S. The van der Waals surface area contributed by atoms with Gasteiger partial charge in [0.2, 0.25) is 0 Å². The molecule has 1 aliphatic carbocycles. The molecule has 1 N–H and O–H groups in total. The molecule has 0 saturated heterocycles. The number of carbonyl (C=O) groups is 3. The molecular weight excluding hydrogens is 362 g/mol. The van der Waals surface area contributed by atoms with E-state index in [1.165, 1.54) is 0 Å². The van der Waals surface area contributed by atoms with E-state index in [1.807, 2.05) is 0 Å². The molecule has 25 heavy (non-hydrogen) atoms. The van der Waals surface area contributed by atoms with Gasteiger partial charge in [-0.15, -0.1) is 11.3 Å². The number of amides is 1. The van der Waals surface area contributed by atoms with Gasteiger partial charge >= 0.3 is 5.97 Å². The maximum Gasteiger partial charge on any atom is 0.350 e. The molecule has 0 radical (unpaired) electrons. The smallest absolute Gasteiger partial charge is 0.350 e. The average Bonchev–Trinajstić information content (AvgIpc) is 2.96. The number of ether oxygens (including phenoxy) is 1. The number of anilines is 1. The summed E-state index contributed by atoms with van der Waals surface area (Å²) in [5.41, 5.74) is 1.54. The lowest BCUT2D eigenvalue weighted by molar-refractivity contribution is 0.0533. The van der Waals surface area contributed by atoms with Crippen LogP contribution in [0.25, 0.3) is 0 Å². The van der Waals surface area contributed by atoms with Crippen molar-refractivity contribution in [1.29, 1.82) is 0 Å². The summed E-state index contributed by atoms with van der Waals surface area (Å²) >= 11 is 6.94. The van der Waals surface area contributed by atoms with Gasteiger partial charge < -0.3 is 10.1 Å². The SMILES string of the molecule is CCOC(=O)c1sc2c(c1NC(=O)c1ccc(Cl)cc1)CCCC2=O. The fraction of sp³-hybridized carbons (Fsp3) is 0.278. The van der Waals surface area contributed by atoms with Crippen LogP contribution in [0.3, 0.4) is 0 Å². The summed E-state index contributed by atoms with van der Waals surface area (Å²) in [6.45, 7) is 1.93. The van der Waals surface area contributed by atoms with Crippen molar-refractivity contribution in [3.63, 3.8) is 0 Å². The van der Waals surface area contributed by atoms with Crippen LogP contribution in [-0.2, 0) is 11.2 Å². The van der Waals surface area contributed by atoms with Gasteiger partial charge in [0, 0.05) is 17.0 Å². The maximum atomic E-state index is 12.5. The summed E-state index contributed by atoms with van der Waals surface area (Å²) in [5, 5.41) is 3.32. The van der Waals surface area contributed by atoms with E-state index in [0.29, 0.717) is 40.4 Å². The predicted octanol–water partition coefficient (Wildman–Crippen LogP) is 4.35. The molecule has 1 amide bonds. The molecule has 130 valence electrons. The first-order chi connectivity index (χ1) is 12.0. The van der Waals surface area contributed by atoms with Gasteiger partial charge in [0.1, 0.15) is 4.88 Å². The van der Waals surface area contributed by atoms with Crippen LogP contribution in [0.5, 0.6) is 0 Å². The number of halogens is 1. The molecule has 5 nitrogen and oxygen atoms in total. The Morgan fingerprint density at radius 3 is 2.64 bits per heavy atom. The Morgan fingerprint density at radius 1 is 1.24 bits per heavy atom. The molecule has 1 aromatic carbocycles. The molecule has 1 heterocycles. The van der Waals surface area contributed by atoms with Gasteiger partial charge in [-0.05, 0) is 49.6 Å². The molecule has 0 unspecified atom stereocenters. The van der Waals surface area contributed by atoms with Crippen LogP contribution in [0.1, 0.15) is 55.0 Å². The number of nitrogens with one attached hydrogen (secondary N) is 1. The highest BCUT2D eigenvalue weighted by Crippen LogP contribution is 2.39. The van der Waals surface area contributed by atoms with E-state index < -0.39 is 5.97 Å². The molecule has 1 aromatic heterocycles. The minimum Gasteiger partial charge on any atom is -0.462 e. The fourth-order valence-electron chi connectivity index (χ4n) is 2.73. The lowest BCUT2D eigenvalue weighted by Crippen LogP contribution is -2.17. The Labute approximate surface area is 153 Å². The van der Waals surface area contributed by atoms with Gasteiger partial charge in [-0.3, -0.25) is 9.59 Å². The van der Waals surface area contributed by atoms with Gasteiger partial charge in [0.05, 0.1) is 17.2 Å². The van der Waals surface area contributed by atoms with Crippen molar-refractivity contribution in [2.45, 2.75) is 26.2 Å². The highest BCUT2D eigenvalue weighted by atomic mass is 35.5. The lowest BCUT2D eigenvalue weighted by Gasteiger charge is -2.13. The number of rotatable bonds is 4. The largest absolute Gasteiger partial charge is 0.462 e. The number of carbonyl (C=O) groups excluding carboxylic acids is 3. The van der Waals surface area contributed by atoms with Crippen molar-refractivity contribution in [2.75, 3.05) is 11.9 Å². The molecule has 3 rings (SSSR count). The normalized spacial score (nSPS) is 13.3.